The molecule has 10 nitrogen and oxygen atoms in total. The average Bonchev–Trinajstić information content (AvgIpc) is 2.65. The quantitative estimate of drug-likeness (QED) is 0.117. The predicted molar refractivity (Wildman–Crippen MR) is 109 cm³/mol. The first kappa shape index (κ1) is 23.8. The van der Waals surface area contributed by atoms with Crippen LogP contribution in [-0.4, -0.2) is 36.4 Å². The first-order valence-corrected chi connectivity index (χ1v) is 9.18. The summed E-state index contributed by atoms with van der Waals surface area (Å²) >= 11 is 0. The van der Waals surface area contributed by atoms with E-state index in [0.29, 0.717) is 24.5 Å². The summed E-state index contributed by atoms with van der Waals surface area (Å²) in [6.07, 6.45) is 7.50. The van der Waals surface area contributed by atoms with Gasteiger partial charge in [-0.25, -0.2) is 0 Å². The molecule has 0 saturated carbocycles. The van der Waals surface area contributed by atoms with Crippen molar-refractivity contribution in [3.8, 4) is 0 Å². The zero-order valence-electron chi connectivity index (χ0n) is 16.0. The summed E-state index contributed by atoms with van der Waals surface area (Å²) in [5, 5.41) is 27.7. The maximum atomic E-state index is 7.84. The highest BCUT2D eigenvalue weighted by Gasteiger charge is 2.02. The van der Waals surface area contributed by atoms with Crippen LogP contribution in [0.1, 0.15) is 65.2 Å². The summed E-state index contributed by atoms with van der Waals surface area (Å²) in [6, 6.07) is 0. The van der Waals surface area contributed by atoms with Crippen molar-refractivity contribution < 1.29 is 0 Å². The maximum absolute atomic E-state index is 7.84. The van der Waals surface area contributed by atoms with Crippen LogP contribution in [0, 0.1) is 5.41 Å². The highest BCUT2D eigenvalue weighted by Crippen LogP contribution is 2.04. The molecular formula is C16H34N10. The molecule has 0 radical (unpaired) electrons. The van der Waals surface area contributed by atoms with Gasteiger partial charge in [0.05, 0.1) is 13.1 Å². The molecule has 0 spiro atoms. The highest BCUT2D eigenvalue weighted by molar-refractivity contribution is 5.89. The Kier molecular flexibility index (Phi) is 14.9. The topological polar surface area (TPSA) is 176 Å². The van der Waals surface area contributed by atoms with Crippen molar-refractivity contribution in [3.05, 3.63) is 0 Å². The lowest BCUT2D eigenvalue weighted by molar-refractivity contribution is 0.732. The normalized spacial score (nSPS) is 13.5. The van der Waals surface area contributed by atoms with Gasteiger partial charge in [0.15, 0.2) is 11.7 Å². The van der Waals surface area contributed by atoms with Crippen LogP contribution in [-0.2, 0) is 0 Å². The first-order valence-electron chi connectivity index (χ1n) is 9.18. The van der Waals surface area contributed by atoms with Gasteiger partial charge >= 0.3 is 0 Å². The SMILES string of the molecule is CCCCCC(=N)N=NC(CCCCC)=NNC(CN)=NN=C(N)CN. The van der Waals surface area contributed by atoms with Gasteiger partial charge in [0.25, 0.3) is 0 Å². The van der Waals surface area contributed by atoms with Gasteiger partial charge in [-0.3, -0.25) is 10.8 Å². The molecule has 0 aliphatic heterocycles. The Morgan fingerprint density at radius 3 is 2.12 bits per heavy atom. The van der Waals surface area contributed by atoms with Gasteiger partial charge in [-0.05, 0) is 12.8 Å². The van der Waals surface area contributed by atoms with E-state index in [1.54, 1.807) is 0 Å². The number of nitrogens with two attached hydrogens (primary N) is 3. The van der Waals surface area contributed by atoms with Crippen molar-refractivity contribution in [1.29, 1.82) is 5.41 Å². The van der Waals surface area contributed by atoms with Crippen molar-refractivity contribution in [3.63, 3.8) is 0 Å². The van der Waals surface area contributed by atoms with E-state index < -0.39 is 0 Å². The predicted octanol–water partition coefficient (Wildman–Crippen LogP) is 2.07. The Bertz CT molecular complexity index is 507. The Morgan fingerprint density at radius 1 is 0.885 bits per heavy atom. The third-order valence-electron chi connectivity index (χ3n) is 3.32. The minimum atomic E-state index is 0.108. The standard InChI is InChI=1S/C16H34N10/c1-3-5-7-9-13(19)21-23-15(10-8-6-4-2)24-26-16(12-18)25-22-14(20)11-17/h19H,3-12,17-18H2,1-2H3,(H2,20,22)(H,25,26). The third kappa shape index (κ3) is 13.1. The molecule has 0 aliphatic rings. The summed E-state index contributed by atoms with van der Waals surface area (Å²) in [5.41, 5.74) is 19.2. The highest BCUT2D eigenvalue weighted by atomic mass is 15.4. The lowest BCUT2D eigenvalue weighted by Crippen LogP contribution is -2.28. The van der Waals surface area contributed by atoms with Crippen LogP contribution in [0.4, 0.5) is 0 Å². The van der Waals surface area contributed by atoms with E-state index in [2.05, 4.69) is 44.8 Å². The fourth-order valence-electron chi connectivity index (χ4n) is 1.78. The van der Waals surface area contributed by atoms with Gasteiger partial charge in [-0.2, -0.15) is 5.10 Å². The average molecular weight is 367 g/mol. The zero-order chi connectivity index (χ0) is 19.6. The third-order valence-corrected chi connectivity index (χ3v) is 3.32. The summed E-state index contributed by atoms with van der Waals surface area (Å²) in [7, 11) is 0. The van der Waals surface area contributed by atoms with E-state index in [1.165, 1.54) is 0 Å². The first-order chi connectivity index (χ1) is 12.6. The monoisotopic (exact) mass is 366 g/mol. The molecule has 0 atom stereocenters. The molecule has 0 aromatic rings. The number of hydrogen-bond acceptors (Lipinski definition) is 6. The molecule has 0 bridgehead atoms. The van der Waals surface area contributed by atoms with E-state index in [0.717, 1.165) is 38.5 Å². The Hall–Kier alpha value is -2.20. The van der Waals surface area contributed by atoms with Crippen LogP contribution in [0.5, 0.6) is 0 Å². The molecular weight excluding hydrogens is 332 g/mol. The van der Waals surface area contributed by atoms with Crippen molar-refractivity contribution in [2.45, 2.75) is 65.2 Å². The molecule has 26 heavy (non-hydrogen) atoms. The molecule has 0 saturated heterocycles. The summed E-state index contributed by atoms with van der Waals surface area (Å²) in [4.78, 5) is 0. The van der Waals surface area contributed by atoms with Crippen LogP contribution in [0.2, 0.25) is 0 Å². The summed E-state index contributed by atoms with van der Waals surface area (Å²) in [5.74, 6) is 1.29. The molecule has 10 heteroatoms. The van der Waals surface area contributed by atoms with E-state index in [1.807, 2.05) is 0 Å². The minimum Gasteiger partial charge on any atom is -0.385 e. The molecule has 0 fully saturated rings. The molecule has 0 rings (SSSR count). The van der Waals surface area contributed by atoms with Crippen molar-refractivity contribution in [2.75, 3.05) is 13.1 Å². The summed E-state index contributed by atoms with van der Waals surface area (Å²) in [6.45, 7) is 4.47. The van der Waals surface area contributed by atoms with E-state index >= 15 is 0 Å². The van der Waals surface area contributed by atoms with Crippen LogP contribution < -0.4 is 22.6 Å². The Morgan fingerprint density at radius 2 is 1.54 bits per heavy atom. The number of hydrogen-bond donors (Lipinski definition) is 5. The van der Waals surface area contributed by atoms with E-state index in [-0.39, 0.29) is 24.8 Å². The number of hydrazone groups is 1. The van der Waals surface area contributed by atoms with Crippen LogP contribution in [0.25, 0.3) is 0 Å². The lowest BCUT2D eigenvalue weighted by Gasteiger charge is -2.04. The van der Waals surface area contributed by atoms with Gasteiger partial charge < -0.3 is 17.2 Å². The smallest absolute Gasteiger partial charge is 0.171 e. The lowest BCUT2D eigenvalue weighted by atomic mass is 10.2. The number of nitrogens with one attached hydrogen (secondary N) is 2. The minimum absolute atomic E-state index is 0.108. The van der Waals surface area contributed by atoms with Crippen molar-refractivity contribution in [2.24, 2.45) is 42.7 Å². The molecule has 0 amide bonds. The summed E-state index contributed by atoms with van der Waals surface area (Å²) < 4.78 is 0. The zero-order valence-corrected chi connectivity index (χ0v) is 16.0. The Balaban J connectivity index is 4.92. The van der Waals surface area contributed by atoms with Crippen LogP contribution in [0.3, 0.4) is 0 Å². The van der Waals surface area contributed by atoms with E-state index in [9.17, 15) is 0 Å². The molecule has 148 valence electrons. The van der Waals surface area contributed by atoms with Crippen molar-refractivity contribution >= 4 is 23.3 Å². The van der Waals surface area contributed by atoms with Gasteiger partial charge in [0.1, 0.15) is 11.7 Å². The molecule has 0 aliphatic carbocycles. The number of unbranched alkanes of at least 4 members (excludes halogenated alkanes) is 4. The largest absolute Gasteiger partial charge is 0.385 e. The fourth-order valence-corrected chi connectivity index (χ4v) is 1.78. The van der Waals surface area contributed by atoms with Gasteiger partial charge in [0, 0.05) is 12.8 Å². The maximum Gasteiger partial charge on any atom is 0.171 e. The van der Waals surface area contributed by atoms with Gasteiger partial charge in [-0.1, -0.05) is 39.5 Å². The van der Waals surface area contributed by atoms with Crippen LogP contribution in [0.15, 0.2) is 25.5 Å². The van der Waals surface area contributed by atoms with Crippen LogP contribution >= 0.6 is 0 Å². The van der Waals surface area contributed by atoms with Crippen molar-refractivity contribution in [1.82, 2.24) is 5.43 Å². The fraction of sp³-hybridized carbons (Fsp3) is 0.750. The molecule has 8 N–H and O–H groups in total. The van der Waals surface area contributed by atoms with Gasteiger partial charge in [0.2, 0.25) is 0 Å². The number of amidine groups is 4. The molecule has 0 unspecified atom stereocenters. The second-order valence-corrected chi connectivity index (χ2v) is 5.75. The number of nitrogens with zero attached hydrogens (tertiary/aromatic N) is 5. The van der Waals surface area contributed by atoms with E-state index in [4.69, 9.17) is 22.6 Å². The molecule has 0 aromatic carbocycles. The van der Waals surface area contributed by atoms with Gasteiger partial charge in [-0.15, -0.1) is 20.4 Å². The second-order valence-electron chi connectivity index (χ2n) is 5.75. The second kappa shape index (κ2) is 16.3. The molecule has 0 heterocycles. The number of rotatable bonds is 12. The number of azo groups is 1. The molecule has 0 aromatic heterocycles. The Labute approximate surface area is 156 Å².